The predicted octanol–water partition coefficient (Wildman–Crippen LogP) is 3.73. The molecular formula is C17H16N4. The van der Waals surface area contributed by atoms with Crippen LogP contribution in [-0.4, -0.2) is 19.7 Å². The Hall–Kier alpha value is -2.62. The monoisotopic (exact) mass is 276 g/mol. The van der Waals surface area contributed by atoms with Gasteiger partial charge < -0.3 is 4.98 Å². The molecule has 0 aliphatic carbocycles. The van der Waals surface area contributed by atoms with Crippen LogP contribution in [0.15, 0.2) is 36.7 Å². The Morgan fingerprint density at radius 1 is 1.10 bits per heavy atom. The first-order chi connectivity index (χ1) is 10.1. The molecule has 0 fully saturated rings. The van der Waals surface area contributed by atoms with Gasteiger partial charge in [0.15, 0.2) is 0 Å². The normalized spacial score (nSPS) is 11.6. The van der Waals surface area contributed by atoms with Gasteiger partial charge in [-0.05, 0) is 25.5 Å². The maximum atomic E-state index is 4.51. The summed E-state index contributed by atoms with van der Waals surface area (Å²) in [5, 5.41) is 6.50. The van der Waals surface area contributed by atoms with Gasteiger partial charge >= 0.3 is 0 Å². The number of benzene rings is 1. The minimum atomic E-state index is 0.904. The smallest absolute Gasteiger partial charge is 0.139 e. The lowest BCUT2D eigenvalue weighted by molar-refractivity contribution is 0.799. The predicted molar refractivity (Wildman–Crippen MR) is 85.3 cm³/mol. The van der Waals surface area contributed by atoms with Crippen molar-refractivity contribution in [3.05, 3.63) is 47.8 Å². The third kappa shape index (κ3) is 1.76. The zero-order chi connectivity index (χ0) is 14.6. The molecular weight excluding hydrogens is 260 g/mol. The number of aryl methyl sites for hydroxylation is 3. The van der Waals surface area contributed by atoms with Crippen molar-refractivity contribution in [2.45, 2.75) is 13.8 Å². The van der Waals surface area contributed by atoms with E-state index in [2.05, 4.69) is 53.2 Å². The van der Waals surface area contributed by atoms with E-state index in [4.69, 9.17) is 0 Å². The first kappa shape index (κ1) is 12.1. The van der Waals surface area contributed by atoms with Crippen molar-refractivity contribution in [1.82, 2.24) is 19.7 Å². The van der Waals surface area contributed by atoms with Gasteiger partial charge in [0.05, 0.1) is 11.7 Å². The second kappa shape index (κ2) is 4.19. The van der Waals surface area contributed by atoms with E-state index < -0.39 is 0 Å². The van der Waals surface area contributed by atoms with Crippen LogP contribution in [0.3, 0.4) is 0 Å². The topological polar surface area (TPSA) is 46.5 Å². The van der Waals surface area contributed by atoms with Crippen molar-refractivity contribution >= 4 is 21.9 Å². The number of aromatic nitrogens is 4. The van der Waals surface area contributed by atoms with E-state index in [0.29, 0.717) is 0 Å². The van der Waals surface area contributed by atoms with E-state index in [1.54, 1.807) is 0 Å². The molecule has 4 nitrogen and oxygen atoms in total. The highest BCUT2D eigenvalue weighted by Gasteiger charge is 2.11. The average molecular weight is 276 g/mol. The van der Waals surface area contributed by atoms with Crippen LogP contribution in [0.2, 0.25) is 0 Å². The van der Waals surface area contributed by atoms with Crippen molar-refractivity contribution < 1.29 is 0 Å². The maximum absolute atomic E-state index is 4.51. The zero-order valence-corrected chi connectivity index (χ0v) is 12.3. The van der Waals surface area contributed by atoms with Crippen LogP contribution in [0.25, 0.3) is 33.2 Å². The molecule has 104 valence electrons. The molecule has 4 rings (SSSR count). The number of hydrogen-bond acceptors (Lipinski definition) is 2. The van der Waals surface area contributed by atoms with Crippen LogP contribution in [-0.2, 0) is 7.05 Å². The molecule has 0 aliphatic rings. The third-order valence-corrected chi connectivity index (χ3v) is 4.02. The van der Waals surface area contributed by atoms with Gasteiger partial charge in [-0.25, -0.2) is 4.98 Å². The molecule has 0 bridgehead atoms. The number of hydrogen-bond donors (Lipinski definition) is 1. The number of rotatable bonds is 1. The summed E-state index contributed by atoms with van der Waals surface area (Å²) in [6, 6.07) is 8.68. The molecule has 0 unspecified atom stereocenters. The lowest BCUT2D eigenvalue weighted by Gasteiger charge is -2.04. The summed E-state index contributed by atoms with van der Waals surface area (Å²) in [6.07, 6.45) is 3.72. The maximum Gasteiger partial charge on any atom is 0.139 e. The van der Waals surface area contributed by atoms with Gasteiger partial charge in [0.2, 0.25) is 0 Å². The molecule has 0 amide bonds. The Kier molecular flexibility index (Phi) is 2.42. The van der Waals surface area contributed by atoms with E-state index in [1.807, 2.05) is 24.1 Å². The fourth-order valence-corrected chi connectivity index (χ4v) is 3.00. The van der Waals surface area contributed by atoms with E-state index in [1.165, 1.54) is 16.7 Å². The molecule has 0 radical (unpaired) electrons. The molecule has 21 heavy (non-hydrogen) atoms. The van der Waals surface area contributed by atoms with Crippen LogP contribution in [0, 0.1) is 13.8 Å². The summed E-state index contributed by atoms with van der Waals surface area (Å²) in [5.41, 5.74) is 6.88. The van der Waals surface area contributed by atoms with E-state index in [9.17, 15) is 0 Å². The molecule has 0 atom stereocenters. The number of aromatic amines is 1. The quantitative estimate of drug-likeness (QED) is 0.575. The fourth-order valence-electron chi connectivity index (χ4n) is 3.00. The molecule has 1 N–H and O–H groups in total. The van der Waals surface area contributed by atoms with Gasteiger partial charge in [0.1, 0.15) is 5.65 Å². The Bertz CT molecular complexity index is 975. The van der Waals surface area contributed by atoms with Gasteiger partial charge in [-0.15, -0.1) is 0 Å². The molecule has 4 aromatic rings. The average Bonchev–Trinajstić information content (AvgIpc) is 3.02. The van der Waals surface area contributed by atoms with E-state index in [0.717, 1.165) is 27.6 Å². The minimum Gasteiger partial charge on any atom is -0.339 e. The van der Waals surface area contributed by atoms with Gasteiger partial charge in [-0.3, -0.25) is 4.68 Å². The summed E-state index contributed by atoms with van der Waals surface area (Å²) in [5.74, 6) is 0. The van der Waals surface area contributed by atoms with Gasteiger partial charge in [0.25, 0.3) is 0 Å². The lowest BCUT2D eigenvalue weighted by atomic mass is 10.0. The molecule has 0 saturated heterocycles. The summed E-state index contributed by atoms with van der Waals surface area (Å²) >= 11 is 0. The van der Waals surface area contributed by atoms with Crippen LogP contribution >= 0.6 is 0 Å². The van der Waals surface area contributed by atoms with Crippen molar-refractivity contribution in [2.24, 2.45) is 7.05 Å². The second-order valence-electron chi connectivity index (χ2n) is 5.59. The summed E-state index contributed by atoms with van der Waals surface area (Å²) in [4.78, 5) is 7.94. The first-order valence-electron chi connectivity index (χ1n) is 7.00. The first-order valence-corrected chi connectivity index (χ1v) is 7.00. The van der Waals surface area contributed by atoms with Crippen LogP contribution in [0.1, 0.15) is 11.1 Å². The van der Waals surface area contributed by atoms with Crippen molar-refractivity contribution in [1.29, 1.82) is 0 Å². The number of H-pyrrole nitrogens is 1. The van der Waals surface area contributed by atoms with Crippen LogP contribution in [0.4, 0.5) is 0 Å². The molecule has 0 spiro atoms. The minimum absolute atomic E-state index is 0.904. The summed E-state index contributed by atoms with van der Waals surface area (Å²) < 4.78 is 1.90. The van der Waals surface area contributed by atoms with Crippen molar-refractivity contribution in [2.75, 3.05) is 0 Å². The Morgan fingerprint density at radius 3 is 2.76 bits per heavy atom. The molecule has 3 aromatic heterocycles. The van der Waals surface area contributed by atoms with E-state index in [-0.39, 0.29) is 0 Å². The van der Waals surface area contributed by atoms with Crippen molar-refractivity contribution in [3.63, 3.8) is 0 Å². The Balaban J connectivity index is 2.02. The van der Waals surface area contributed by atoms with Crippen LogP contribution < -0.4 is 0 Å². The molecule has 4 heteroatoms. The lowest BCUT2D eigenvalue weighted by Crippen LogP contribution is -1.89. The second-order valence-corrected chi connectivity index (χ2v) is 5.59. The van der Waals surface area contributed by atoms with E-state index >= 15 is 0 Å². The Labute approximate surface area is 122 Å². The van der Waals surface area contributed by atoms with Gasteiger partial charge in [0, 0.05) is 35.3 Å². The number of nitrogens with zero attached hydrogens (tertiary/aromatic N) is 3. The highest BCUT2D eigenvalue weighted by Crippen LogP contribution is 2.30. The van der Waals surface area contributed by atoms with Gasteiger partial charge in [-0.1, -0.05) is 23.8 Å². The fraction of sp³-hybridized carbons (Fsp3) is 0.176. The number of nitrogens with one attached hydrogen (secondary N) is 1. The number of pyridine rings is 1. The Morgan fingerprint density at radius 2 is 1.95 bits per heavy atom. The zero-order valence-electron chi connectivity index (χ0n) is 12.3. The number of fused-ring (bicyclic) bond motifs is 3. The molecule has 0 aliphatic heterocycles. The third-order valence-electron chi connectivity index (χ3n) is 4.02. The summed E-state index contributed by atoms with van der Waals surface area (Å²) in [6.45, 7) is 4.25. The van der Waals surface area contributed by atoms with Crippen molar-refractivity contribution in [3.8, 4) is 11.3 Å². The highest BCUT2D eigenvalue weighted by molar-refractivity contribution is 6.04. The molecule has 0 saturated carbocycles. The van der Waals surface area contributed by atoms with Crippen LogP contribution in [0.5, 0.6) is 0 Å². The molecule has 1 aromatic carbocycles. The molecule has 3 heterocycles. The van der Waals surface area contributed by atoms with Gasteiger partial charge in [-0.2, -0.15) is 5.10 Å². The highest BCUT2D eigenvalue weighted by atomic mass is 15.2. The standard InChI is InChI=1S/C17H16N4/c1-10-4-5-13(11(2)6-10)15-7-14-16-12(9-19-21(16)3)8-18-17(14)20-15/h4-9H,1-3H3,(H,18,20). The largest absolute Gasteiger partial charge is 0.339 e. The summed E-state index contributed by atoms with van der Waals surface area (Å²) in [7, 11) is 1.96. The SMILES string of the molecule is Cc1ccc(-c2cc3c(ncc4cnn(C)c43)[nH]2)c(C)c1.